The number of para-hydroxylation sites is 1. The number of halogens is 2. The van der Waals surface area contributed by atoms with Crippen molar-refractivity contribution in [2.24, 2.45) is 0 Å². The SMILES string of the molecule is CCOc1ccc([C@@]2(C(=O)OCc3cccc(Oc4ccccc4)c3)CC2(F)F)cc1. The molecule has 1 saturated carbocycles. The monoisotopic (exact) mass is 424 g/mol. The largest absolute Gasteiger partial charge is 0.494 e. The molecule has 0 aromatic heterocycles. The summed E-state index contributed by atoms with van der Waals surface area (Å²) in [4.78, 5) is 12.7. The highest BCUT2D eigenvalue weighted by Gasteiger charge is 2.77. The van der Waals surface area contributed by atoms with E-state index in [-0.39, 0.29) is 12.2 Å². The second-order valence-electron chi connectivity index (χ2n) is 7.38. The van der Waals surface area contributed by atoms with Crippen LogP contribution in [-0.2, 0) is 21.6 Å². The van der Waals surface area contributed by atoms with Crippen LogP contribution >= 0.6 is 0 Å². The van der Waals surface area contributed by atoms with Crippen LogP contribution in [-0.4, -0.2) is 18.5 Å². The highest BCUT2D eigenvalue weighted by Crippen LogP contribution is 2.62. The summed E-state index contributed by atoms with van der Waals surface area (Å²) in [5.41, 5.74) is -1.07. The quantitative estimate of drug-likeness (QED) is 0.423. The van der Waals surface area contributed by atoms with E-state index in [0.29, 0.717) is 29.4 Å². The molecule has 3 aromatic carbocycles. The second-order valence-corrected chi connectivity index (χ2v) is 7.38. The minimum atomic E-state index is -3.14. The summed E-state index contributed by atoms with van der Waals surface area (Å²) in [6.07, 6.45) is -0.566. The molecule has 4 nitrogen and oxygen atoms in total. The van der Waals surface area contributed by atoms with Crippen molar-refractivity contribution >= 4 is 5.97 Å². The van der Waals surface area contributed by atoms with Crippen LogP contribution in [0.3, 0.4) is 0 Å². The predicted molar refractivity (Wildman–Crippen MR) is 112 cm³/mol. The minimum absolute atomic E-state index is 0.125. The molecule has 4 rings (SSSR count). The van der Waals surface area contributed by atoms with Crippen LogP contribution in [0, 0.1) is 0 Å². The molecule has 0 radical (unpaired) electrons. The van der Waals surface area contributed by atoms with E-state index in [4.69, 9.17) is 14.2 Å². The lowest BCUT2D eigenvalue weighted by Gasteiger charge is -2.17. The number of hydrogen-bond donors (Lipinski definition) is 0. The third-order valence-corrected chi connectivity index (χ3v) is 5.24. The van der Waals surface area contributed by atoms with E-state index >= 15 is 0 Å². The summed E-state index contributed by atoms with van der Waals surface area (Å²) >= 11 is 0. The Bertz CT molecular complexity index is 1050. The van der Waals surface area contributed by atoms with Gasteiger partial charge in [0.25, 0.3) is 5.92 Å². The number of ether oxygens (including phenoxy) is 3. The van der Waals surface area contributed by atoms with Gasteiger partial charge in [0.2, 0.25) is 0 Å². The van der Waals surface area contributed by atoms with Crippen molar-refractivity contribution in [2.75, 3.05) is 6.61 Å². The molecule has 0 saturated heterocycles. The first-order valence-corrected chi connectivity index (χ1v) is 10.0. The molecule has 31 heavy (non-hydrogen) atoms. The van der Waals surface area contributed by atoms with E-state index in [1.807, 2.05) is 37.3 Å². The van der Waals surface area contributed by atoms with Gasteiger partial charge in [-0.05, 0) is 54.4 Å². The van der Waals surface area contributed by atoms with Crippen LogP contribution in [0.4, 0.5) is 8.78 Å². The van der Waals surface area contributed by atoms with Crippen molar-refractivity contribution in [1.29, 1.82) is 0 Å². The van der Waals surface area contributed by atoms with Crippen molar-refractivity contribution < 1.29 is 27.8 Å². The molecule has 1 atom stereocenters. The second kappa shape index (κ2) is 8.38. The van der Waals surface area contributed by atoms with E-state index in [1.165, 1.54) is 12.1 Å². The summed E-state index contributed by atoms with van der Waals surface area (Å²) in [5.74, 6) is -2.28. The zero-order chi connectivity index (χ0) is 21.9. The van der Waals surface area contributed by atoms with Gasteiger partial charge in [0.05, 0.1) is 6.61 Å². The van der Waals surface area contributed by atoms with Gasteiger partial charge in [-0.2, -0.15) is 0 Å². The van der Waals surface area contributed by atoms with Gasteiger partial charge in [-0.25, -0.2) is 8.78 Å². The van der Waals surface area contributed by atoms with E-state index in [0.717, 1.165) is 0 Å². The van der Waals surface area contributed by atoms with E-state index in [1.54, 1.807) is 36.4 Å². The number of esters is 1. The van der Waals surface area contributed by atoms with Gasteiger partial charge in [-0.3, -0.25) is 4.79 Å². The van der Waals surface area contributed by atoms with Gasteiger partial charge in [-0.15, -0.1) is 0 Å². The van der Waals surface area contributed by atoms with Gasteiger partial charge in [0, 0.05) is 6.42 Å². The van der Waals surface area contributed by atoms with Crippen LogP contribution in [0.1, 0.15) is 24.5 Å². The fourth-order valence-electron chi connectivity index (χ4n) is 3.54. The summed E-state index contributed by atoms with van der Waals surface area (Å²) in [6.45, 7) is 2.18. The van der Waals surface area contributed by atoms with Gasteiger partial charge in [0.15, 0.2) is 5.41 Å². The number of rotatable bonds is 8. The third kappa shape index (κ3) is 4.24. The molecule has 1 fully saturated rings. The van der Waals surface area contributed by atoms with Gasteiger partial charge >= 0.3 is 5.97 Å². The van der Waals surface area contributed by atoms with Crippen molar-refractivity contribution in [2.45, 2.75) is 31.3 Å². The zero-order valence-electron chi connectivity index (χ0n) is 17.0. The normalized spacial score (nSPS) is 18.8. The molecule has 1 aliphatic rings. The first-order valence-electron chi connectivity index (χ1n) is 10.0. The maximum absolute atomic E-state index is 14.3. The molecule has 0 unspecified atom stereocenters. The maximum Gasteiger partial charge on any atom is 0.323 e. The van der Waals surface area contributed by atoms with Crippen molar-refractivity contribution in [1.82, 2.24) is 0 Å². The number of carbonyl (C=O) groups is 1. The van der Waals surface area contributed by atoms with Crippen molar-refractivity contribution in [3.63, 3.8) is 0 Å². The highest BCUT2D eigenvalue weighted by molar-refractivity contribution is 5.89. The van der Waals surface area contributed by atoms with Gasteiger partial charge in [-0.1, -0.05) is 42.5 Å². The summed E-state index contributed by atoms with van der Waals surface area (Å²) in [6, 6.07) is 22.4. The Morgan fingerprint density at radius 3 is 2.23 bits per heavy atom. The van der Waals surface area contributed by atoms with Crippen molar-refractivity contribution in [3.8, 4) is 17.2 Å². The smallest absolute Gasteiger partial charge is 0.323 e. The lowest BCUT2D eigenvalue weighted by atomic mass is 9.95. The van der Waals surface area contributed by atoms with Crippen LogP contribution in [0.25, 0.3) is 0 Å². The molecule has 1 aliphatic carbocycles. The number of alkyl halides is 2. The summed E-state index contributed by atoms with van der Waals surface area (Å²) in [5, 5.41) is 0. The topological polar surface area (TPSA) is 44.8 Å². The highest BCUT2D eigenvalue weighted by atomic mass is 19.3. The standard InChI is InChI=1S/C25H22F2O4/c1-2-29-20-13-11-19(12-14-20)24(17-25(24,26)27)23(28)30-16-18-7-6-10-22(15-18)31-21-8-4-3-5-9-21/h3-15H,2,16-17H2,1H3/t24-/m1/s1. The lowest BCUT2D eigenvalue weighted by molar-refractivity contribution is -0.151. The number of hydrogen-bond acceptors (Lipinski definition) is 4. The van der Waals surface area contributed by atoms with Crippen LogP contribution in [0.5, 0.6) is 17.2 Å². The van der Waals surface area contributed by atoms with Crippen molar-refractivity contribution in [3.05, 3.63) is 90.0 Å². The Kier molecular flexibility index (Phi) is 5.63. The molecule has 3 aromatic rings. The van der Waals surface area contributed by atoms with Crippen LogP contribution in [0.2, 0.25) is 0 Å². The minimum Gasteiger partial charge on any atom is -0.494 e. The Hall–Kier alpha value is -3.41. The third-order valence-electron chi connectivity index (χ3n) is 5.24. The Balaban J connectivity index is 1.45. The fraction of sp³-hybridized carbons (Fsp3) is 0.240. The molecule has 0 N–H and O–H groups in total. The average Bonchev–Trinajstić information content (AvgIpc) is 3.37. The Morgan fingerprint density at radius 2 is 1.58 bits per heavy atom. The summed E-state index contributed by atoms with van der Waals surface area (Å²) < 4.78 is 45.1. The van der Waals surface area contributed by atoms with E-state index < -0.39 is 23.7 Å². The maximum atomic E-state index is 14.3. The molecular weight excluding hydrogens is 402 g/mol. The van der Waals surface area contributed by atoms with E-state index in [2.05, 4.69) is 0 Å². The first kappa shape index (κ1) is 20.8. The molecule has 0 aliphatic heterocycles. The molecule has 6 heteroatoms. The molecule has 160 valence electrons. The van der Waals surface area contributed by atoms with Crippen LogP contribution in [0.15, 0.2) is 78.9 Å². The number of carbonyl (C=O) groups excluding carboxylic acids is 1. The summed E-state index contributed by atoms with van der Waals surface area (Å²) in [7, 11) is 0. The predicted octanol–water partition coefficient (Wildman–Crippen LogP) is 5.90. The first-order chi connectivity index (χ1) is 14.9. The average molecular weight is 424 g/mol. The molecule has 0 bridgehead atoms. The number of benzene rings is 3. The van der Waals surface area contributed by atoms with E-state index in [9.17, 15) is 13.6 Å². The van der Waals surface area contributed by atoms with Gasteiger partial charge in [0.1, 0.15) is 23.9 Å². The van der Waals surface area contributed by atoms with Gasteiger partial charge < -0.3 is 14.2 Å². The molecule has 0 amide bonds. The zero-order valence-corrected chi connectivity index (χ0v) is 17.0. The Morgan fingerprint density at radius 1 is 0.903 bits per heavy atom. The fourth-order valence-corrected chi connectivity index (χ4v) is 3.54. The Labute approximate surface area is 179 Å². The molecular formula is C25H22F2O4. The molecule has 0 spiro atoms. The molecule has 0 heterocycles. The lowest BCUT2D eigenvalue weighted by Crippen LogP contribution is -2.29. The van der Waals surface area contributed by atoms with Crippen LogP contribution < -0.4 is 9.47 Å².